The van der Waals surface area contributed by atoms with Crippen LogP contribution in [0.1, 0.15) is 10.4 Å². The average molecular weight is 459 g/mol. The number of carbonyl (C=O) groups is 1. The van der Waals surface area contributed by atoms with Gasteiger partial charge in [-0.2, -0.15) is 4.31 Å². The van der Waals surface area contributed by atoms with Crippen molar-refractivity contribution in [1.29, 1.82) is 0 Å². The lowest BCUT2D eigenvalue weighted by Gasteiger charge is -2.36. The summed E-state index contributed by atoms with van der Waals surface area (Å²) in [6, 6.07) is 16.6. The number of sulfonamides is 1. The van der Waals surface area contributed by atoms with E-state index < -0.39 is 10.0 Å². The minimum atomic E-state index is -3.55. The summed E-state index contributed by atoms with van der Waals surface area (Å²) >= 11 is 0. The van der Waals surface area contributed by atoms with E-state index in [2.05, 4.69) is 39.4 Å². The molecule has 8 nitrogen and oxygen atoms in total. The van der Waals surface area contributed by atoms with Crippen molar-refractivity contribution in [2.75, 3.05) is 70.5 Å². The first-order valence-corrected chi connectivity index (χ1v) is 12.5. The molecule has 9 heteroatoms. The third kappa shape index (κ3) is 5.47. The number of hydrogen-bond acceptors (Lipinski definition) is 6. The molecule has 2 aromatic rings. The van der Waals surface area contributed by atoms with E-state index in [1.165, 1.54) is 22.1 Å². The molecular weight excluding hydrogens is 428 g/mol. The van der Waals surface area contributed by atoms with E-state index in [9.17, 15) is 13.2 Å². The van der Waals surface area contributed by atoms with E-state index in [4.69, 9.17) is 4.74 Å². The van der Waals surface area contributed by atoms with Gasteiger partial charge in [-0.05, 0) is 36.4 Å². The molecule has 2 aliphatic heterocycles. The second-order valence-electron chi connectivity index (χ2n) is 7.96. The first-order chi connectivity index (χ1) is 15.5. The van der Waals surface area contributed by atoms with Crippen LogP contribution in [0.25, 0.3) is 0 Å². The zero-order valence-electron chi connectivity index (χ0n) is 18.2. The number of rotatable bonds is 7. The molecule has 0 spiro atoms. The predicted octanol–water partition coefficient (Wildman–Crippen LogP) is 1.26. The number of nitrogens with one attached hydrogen (secondary N) is 1. The molecule has 2 fully saturated rings. The summed E-state index contributed by atoms with van der Waals surface area (Å²) in [6.45, 7) is 6.71. The molecule has 0 radical (unpaired) electrons. The number of para-hydroxylation sites is 1. The van der Waals surface area contributed by atoms with Crippen molar-refractivity contribution in [1.82, 2.24) is 14.5 Å². The Bertz CT molecular complexity index is 984. The molecule has 0 aliphatic carbocycles. The Morgan fingerprint density at radius 3 is 2.19 bits per heavy atom. The van der Waals surface area contributed by atoms with E-state index in [1.807, 2.05) is 6.07 Å². The average Bonchev–Trinajstić information content (AvgIpc) is 2.85. The van der Waals surface area contributed by atoms with Crippen molar-refractivity contribution < 1.29 is 17.9 Å². The normalized spacial score (nSPS) is 18.4. The lowest BCUT2D eigenvalue weighted by Crippen LogP contribution is -2.48. The molecule has 0 atom stereocenters. The van der Waals surface area contributed by atoms with Crippen LogP contribution in [0.2, 0.25) is 0 Å². The van der Waals surface area contributed by atoms with Crippen LogP contribution in [-0.2, 0) is 14.8 Å². The molecule has 2 aliphatic rings. The minimum absolute atomic E-state index is 0.191. The number of benzene rings is 2. The van der Waals surface area contributed by atoms with Crippen LogP contribution in [0.4, 0.5) is 5.69 Å². The maximum atomic E-state index is 12.7. The van der Waals surface area contributed by atoms with Crippen molar-refractivity contribution in [2.45, 2.75) is 4.90 Å². The number of piperazine rings is 1. The molecular formula is C23H30N4O4S. The van der Waals surface area contributed by atoms with E-state index in [1.54, 1.807) is 12.1 Å². The topological polar surface area (TPSA) is 82.2 Å². The minimum Gasteiger partial charge on any atom is -0.379 e. The highest BCUT2D eigenvalue weighted by molar-refractivity contribution is 7.89. The van der Waals surface area contributed by atoms with Gasteiger partial charge in [0.25, 0.3) is 5.91 Å². The van der Waals surface area contributed by atoms with Crippen LogP contribution in [0.15, 0.2) is 59.5 Å². The summed E-state index contributed by atoms with van der Waals surface area (Å²) in [5, 5.41) is 2.94. The lowest BCUT2D eigenvalue weighted by molar-refractivity contribution is 0.0730. The van der Waals surface area contributed by atoms with Gasteiger partial charge in [0.05, 0.1) is 18.1 Å². The Kier molecular flexibility index (Phi) is 7.41. The Morgan fingerprint density at radius 2 is 1.53 bits per heavy atom. The SMILES string of the molecule is O=C(NCCN1CCN(c2ccccc2)CC1)c1ccc(S(=O)(=O)N2CCOCC2)cc1. The van der Waals surface area contributed by atoms with Gasteiger partial charge in [-0.1, -0.05) is 18.2 Å². The number of hydrogen-bond donors (Lipinski definition) is 1. The van der Waals surface area contributed by atoms with Crippen LogP contribution < -0.4 is 10.2 Å². The smallest absolute Gasteiger partial charge is 0.251 e. The quantitative estimate of drug-likeness (QED) is 0.673. The van der Waals surface area contributed by atoms with Gasteiger partial charge in [-0.25, -0.2) is 8.42 Å². The lowest BCUT2D eigenvalue weighted by atomic mass is 10.2. The maximum absolute atomic E-state index is 12.7. The van der Waals surface area contributed by atoms with Gasteiger partial charge < -0.3 is 15.0 Å². The van der Waals surface area contributed by atoms with Crippen LogP contribution in [-0.4, -0.2) is 89.1 Å². The molecule has 0 saturated carbocycles. The number of amides is 1. The monoisotopic (exact) mass is 458 g/mol. The largest absolute Gasteiger partial charge is 0.379 e. The van der Waals surface area contributed by atoms with Gasteiger partial charge >= 0.3 is 0 Å². The first-order valence-electron chi connectivity index (χ1n) is 11.0. The number of ether oxygens (including phenoxy) is 1. The number of anilines is 1. The van der Waals surface area contributed by atoms with E-state index in [-0.39, 0.29) is 10.8 Å². The summed E-state index contributed by atoms with van der Waals surface area (Å²) in [7, 11) is -3.55. The van der Waals surface area contributed by atoms with Crippen LogP contribution >= 0.6 is 0 Å². The third-order valence-electron chi connectivity index (χ3n) is 5.93. The van der Waals surface area contributed by atoms with Crippen LogP contribution in [0.3, 0.4) is 0 Å². The molecule has 2 saturated heterocycles. The third-order valence-corrected chi connectivity index (χ3v) is 7.84. The molecule has 1 amide bonds. The van der Waals surface area contributed by atoms with Gasteiger partial charge in [-0.3, -0.25) is 9.69 Å². The van der Waals surface area contributed by atoms with Gasteiger partial charge in [0.15, 0.2) is 0 Å². The number of morpholine rings is 1. The highest BCUT2D eigenvalue weighted by Gasteiger charge is 2.26. The number of nitrogens with zero attached hydrogens (tertiary/aromatic N) is 3. The van der Waals surface area contributed by atoms with Crippen molar-refractivity contribution in [3.63, 3.8) is 0 Å². The van der Waals surface area contributed by atoms with Gasteiger partial charge in [0.2, 0.25) is 10.0 Å². The predicted molar refractivity (Wildman–Crippen MR) is 123 cm³/mol. The zero-order chi connectivity index (χ0) is 22.4. The first kappa shape index (κ1) is 22.7. The summed E-state index contributed by atoms with van der Waals surface area (Å²) in [4.78, 5) is 17.4. The van der Waals surface area contributed by atoms with E-state index in [0.29, 0.717) is 38.4 Å². The highest BCUT2D eigenvalue weighted by atomic mass is 32.2. The Morgan fingerprint density at radius 1 is 0.875 bits per heavy atom. The Hall–Kier alpha value is -2.46. The van der Waals surface area contributed by atoms with E-state index >= 15 is 0 Å². The fourth-order valence-electron chi connectivity index (χ4n) is 4.01. The van der Waals surface area contributed by atoms with Crippen LogP contribution in [0, 0.1) is 0 Å². The molecule has 32 heavy (non-hydrogen) atoms. The molecule has 0 unspecified atom stereocenters. The van der Waals surface area contributed by atoms with Gasteiger partial charge in [-0.15, -0.1) is 0 Å². The second kappa shape index (κ2) is 10.4. The van der Waals surface area contributed by atoms with Crippen molar-refractivity contribution >= 4 is 21.6 Å². The van der Waals surface area contributed by atoms with Gasteiger partial charge in [0.1, 0.15) is 0 Å². The summed E-state index contributed by atoms with van der Waals surface area (Å²) in [6.07, 6.45) is 0. The standard InChI is InChI=1S/C23H30N4O4S/c28-23(20-6-8-22(9-7-20)32(29,30)27-16-18-31-19-17-27)24-10-11-25-12-14-26(15-13-25)21-4-2-1-3-5-21/h1-9H,10-19H2,(H,24,28). The van der Waals surface area contributed by atoms with Crippen molar-refractivity contribution in [3.05, 3.63) is 60.2 Å². The molecule has 0 bridgehead atoms. The summed E-state index contributed by atoms with van der Waals surface area (Å²) in [5.74, 6) is -0.191. The summed E-state index contributed by atoms with van der Waals surface area (Å²) in [5.41, 5.74) is 1.71. The Balaban J connectivity index is 1.22. The zero-order valence-corrected chi connectivity index (χ0v) is 19.0. The van der Waals surface area contributed by atoms with E-state index in [0.717, 1.165) is 32.7 Å². The number of carbonyl (C=O) groups excluding carboxylic acids is 1. The molecule has 172 valence electrons. The molecule has 0 aromatic heterocycles. The highest BCUT2D eigenvalue weighted by Crippen LogP contribution is 2.18. The fourth-order valence-corrected chi connectivity index (χ4v) is 5.42. The van der Waals surface area contributed by atoms with Crippen molar-refractivity contribution in [3.8, 4) is 0 Å². The second-order valence-corrected chi connectivity index (χ2v) is 9.90. The molecule has 1 N–H and O–H groups in total. The van der Waals surface area contributed by atoms with Crippen molar-refractivity contribution in [2.24, 2.45) is 0 Å². The van der Waals surface area contributed by atoms with Gasteiger partial charge in [0, 0.05) is 63.6 Å². The van der Waals surface area contributed by atoms with Crippen LogP contribution in [0.5, 0.6) is 0 Å². The molecule has 2 aromatic carbocycles. The Labute approximate surface area is 189 Å². The fraction of sp³-hybridized carbons (Fsp3) is 0.435. The maximum Gasteiger partial charge on any atom is 0.251 e. The summed E-state index contributed by atoms with van der Waals surface area (Å²) < 4.78 is 32.0. The molecule has 2 heterocycles. The molecule has 4 rings (SSSR count).